The molecule has 178 valence electrons. The zero-order chi connectivity index (χ0) is 24.7. The molecule has 0 fully saturated rings. The van der Waals surface area contributed by atoms with E-state index < -0.39 is 0 Å². The third-order valence-corrected chi connectivity index (χ3v) is 6.58. The van der Waals surface area contributed by atoms with E-state index in [1.807, 2.05) is 108 Å². The molecule has 1 N–H and O–H groups in total. The van der Waals surface area contributed by atoms with E-state index in [2.05, 4.69) is 10.2 Å². The number of carbonyl (C=O) groups excluding carboxylic acids is 1. The topological polar surface area (TPSA) is 71.2 Å². The molecule has 0 atom stereocenters. The van der Waals surface area contributed by atoms with Gasteiger partial charge in [-0.05, 0) is 54.1 Å². The first-order chi connectivity index (χ1) is 17.7. The number of phenols is 1. The van der Waals surface area contributed by atoms with E-state index in [9.17, 15) is 9.90 Å². The molecule has 1 heterocycles. The largest absolute Gasteiger partial charge is 0.508 e. The average molecular weight is 493 g/mol. The highest BCUT2D eigenvalue weighted by molar-refractivity contribution is 7.99. The van der Waals surface area contributed by atoms with E-state index in [0.717, 1.165) is 22.5 Å². The number of benzene rings is 4. The smallest absolute Gasteiger partial charge is 0.242 e. The third-order valence-electron chi connectivity index (χ3n) is 5.63. The van der Waals surface area contributed by atoms with E-state index in [4.69, 9.17) is 0 Å². The Labute approximate surface area is 213 Å². The number of thioether (sulfide) groups is 1. The van der Waals surface area contributed by atoms with Gasteiger partial charge in [-0.1, -0.05) is 78.5 Å². The monoisotopic (exact) mass is 492 g/mol. The quantitative estimate of drug-likeness (QED) is 0.263. The number of hydrogen-bond acceptors (Lipinski definition) is 5. The first kappa shape index (κ1) is 23.4. The Morgan fingerprint density at radius 2 is 1.31 bits per heavy atom. The van der Waals surface area contributed by atoms with Crippen LogP contribution in [0.25, 0.3) is 11.4 Å². The molecule has 0 saturated heterocycles. The number of carbonyl (C=O) groups is 1. The summed E-state index contributed by atoms with van der Waals surface area (Å²) < 4.78 is 2.01. The first-order valence-electron chi connectivity index (χ1n) is 11.5. The van der Waals surface area contributed by atoms with E-state index >= 15 is 0 Å². The number of anilines is 2. The zero-order valence-corrected chi connectivity index (χ0v) is 20.3. The van der Waals surface area contributed by atoms with Crippen molar-refractivity contribution in [2.45, 2.75) is 11.7 Å². The van der Waals surface area contributed by atoms with Gasteiger partial charge in [0.1, 0.15) is 5.75 Å². The zero-order valence-electron chi connectivity index (χ0n) is 19.4. The Morgan fingerprint density at radius 1 is 0.750 bits per heavy atom. The van der Waals surface area contributed by atoms with Gasteiger partial charge in [0.15, 0.2) is 11.0 Å². The van der Waals surface area contributed by atoms with Crippen molar-refractivity contribution in [3.63, 3.8) is 0 Å². The van der Waals surface area contributed by atoms with Crippen molar-refractivity contribution in [1.82, 2.24) is 14.8 Å². The van der Waals surface area contributed by atoms with E-state index in [1.165, 1.54) is 11.8 Å². The maximum atomic E-state index is 13.5. The first-order valence-corrected chi connectivity index (χ1v) is 12.5. The summed E-state index contributed by atoms with van der Waals surface area (Å²) in [5.74, 6) is 0.997. The molecule has 4 aromatic carbocycles. The third kappa shape index (κ3) is 5.31. The van der Waals surface area contributed by atoms with Crippen LogP contribution in [0.4, 0.5) is 11.4 Å². The molecule has 5 rings (SSSR count). The minimum atomic E-state index is -0.0576. The Bertz CT molecular complexity index is 1380. The van der Waals surface area contributed by atoms with Gasteiger partial charge < -0.3 is 5.11 Å². The van der Waals surface area contributed by atoms with Gasteiger partial charge in [-0.15, -0.1) is 10.2 Å². The summed E-state index contributed by atoms with van der Waals surface area (Å²) >= 11 is 1.36. The number of amides is 1. The molecule has 0 aliphatic heterocycles. The van der Waals surface area contributed by atoms with Crippen LogP contribution >= 0.6 is 11.8 Å². The van der Waals surface area contributed by atoms with Crippen LogP contribution in [0.5, 0.6) is 5.75 Å². The highest BCUT2D eigenvalue weighted by atomic mass is 32.2. The molecule has 36 heavy (non-hydrogen) atoms. The second kappa shape index (κ2) is 10.9. The minimum absolute atomic E-state index is 0.0576. The average Bonchev–Trinajstić information content (AvgIpc) is 3.32. The summed E-state index contributed by atoms with van der Waals surface area (Å²) in [6.45, 7) is 0.557. The lowest BCUT2D eigenvalue weighted by Gasteiger charge is -2.23. The van der Waals surface area contributed by atoms with Crippen LogP contribution in [0.2, 0.25) is 0 Å². The number of phenolic OH excluding ortho intramolecular Hbond substituents is 1. The van der Waals surface area contributed by atoms with Crippen LogP contribution in [0.3, 0.4) is 0 Å². The van der Waals surface area contributed by atoms with Gasteiger partial charge in [-0.2, -0.15) is 0 Å². The molecule has 7 heteroatoms. The molecule has 1 amide bonds. The van der Waals surface area contributed by atoms with Gasteiger partial charge in [0.25, 0.3) is 0 Å². The molecule has 5 aromatic rings. The van der Waals surface area contributed by atoms with Crippen LogP contribution < -0.4 is 4.90 Å². The number of para-hydroxylation sites is 2. The Kier molecular flexibility index (Phi) is 7.10. The normalized spacial score (nSPS) is 10.8. The van der Waals surface area contributed by atoms with Crippen molar-refractivity contribution < 1.29 is 9.90 Å². The summed E-state index contributed by atoms with van der Waals surface area (Å²) in [6.07, 6.45) is 0. The molecular formula is C29H24N4O2S. The van der Waals surface area contributed by atoms with Crippen molar-refractivity contribution in [3.05, 3.63) is 121 Å². The molecule has 0 saturated carbocycles. The second-order valence-electron chi connectivity index (χ2n) is 8.11. The molecule has 0 spiro atoms. The van der Waals surface area contributed by atoms with Crippen LogP contribution in [0.15, 0.2) is 120 Å². The number of nitrogens with zero attached hydrogens (tertiary/aromatic N) is 4. The van der Waals surface area contributed by atoms with E-state index in [-0.39, 0.29) is 17.4 Å². The van der Waals surface area contributed by atoms with Crippen molar-refractivity contribution in [2.75, 3.05) is 10.7 Å². The standard InChI is InChI=1S/C29H24N4O2S/c34-26-18-16-23(17-19-26)28-30-31-29(32(28)20-22-10-4-1-5-11-22)36-21-27(35)33(24-12-6-2-7-13-24)25-14-8-3-9-15-25/h1-19,34H,20-21H2. The maximum Gasteiger partial charge on any atom is 0.242 e. The fraction of sp³-hybridized carbons (Fsp3) is 0.0690. The predicted octanol–water partition coefficient (Wildman–Crippen LogP) is 6.16. The molecule has 0 radical (unpaired) electrons. The maximum absolute atomic E-state index is 13.5. The fourth-order valence-electron chi connectivity index (χ4n) is 3.91. The van der Waals surface area contributed by atoms with Crippen molar-refractivity contribution in [2.24, 2.45) is 0 Å². The van der Waals surface area contributed by atoms with E-state index in [1.54, 1.807) is 17.0 Å². The van der Waals surface area contributed by atoms with E-state index in [0.29, 0.717) is 17.5 Å². The van der Waals surface area contributed by atoms with Gasteiger partial charge in [0.05, 0.1) is 12.3 Å². The molecule has 0 unspecified atom stereocenters. The second-order valence-corrected chi connectivity index (χ2v) is 9.06. The summed E-state index contributed by atoms with van der Waals surface area (Å²) in [6, 6.07) is 36.2. The van der Waals surface area contributed by atoms with Gasteiger partial charge >= 0.3 is 0 Å². The molecular weight excluding hydrogens is 468 g/mol. The highest BCUT2D eigenvalue weighted by Crippen LogP contribution is 2.29. The molecule has 0 bridgehead atoms. The Morgan fingerprint density at radius 3 is 1.89 bits per heavy atom. The lowest BCUT2D eigenvalue weighted by Crippen LogP contribution is -2.27. The molecule has 6 nitrogen and oxygen atoms in total. The van der Waals surface area contributed by atoms with Crippen LogP contribution in [0.1, 0.15) is 5.56 Å². The van der Waals surface area contributed by atoms with Gasteiger partial charge in [-0.25, -0.2) is 0 Å². The van der Waals surface area contributed by atoms with Gasteiger partial charge in [0, 0.05) is 16.9 Å². The summed E-state index contributed by atoms with van der Waals surface area (Å²) in [7, 11) is 0. The highest BCUT2D eigenvalue weighted by Gasteiger charge is 2.21. The number of rotatable bonds is 8. The van der Waals surface area contributed by atoms with Gasteiger partial charge in [-0.3, -0.25) is 14.3 Å². The summed E-state index contributed by atoms with van der Waals surface area (Å²) in [4.78, 5) is 15.2. The lowest BCUT2D eigenvalue weighted by atomic mass is 10.2. The van der Waals surface area contributed by atoms with Crippen LogP contribution in [-0.4, -0.2) is 31.5 Å². The van der Waals surface area contributed by atoms with Gasteiger partial charge in [0.2, 0.25) is 5.91 Å². The number of aromatic hydroxyl groups is 1. The Hall–Kier alpha value is -4.36. The summed E-state index contributed by atoms with van der Waals surface area (Å²) in [5.41, 5.74) is 3.56. The number of hydrogen-bond donors (Lipinski definition) is 1. The van der Waals surface area contributed by atoms with Crippen LogP contribution in [-0.2, 0) is 11.3 Å². The molecule has 0 aliphatic rings. The minimum Gasteiger partial charge on any atom is -0.508 e. The number of aromatic nitrogens is 3. The molecule has 1 aromatic heterocycles. The fourth-order valence-corrected chi connectivity index (χ4v) is 4.70. The van der Waals surface area contributed by atoms with Crippen molar-refractivity contribution in [3.8, 4) is 17.1 Å². The molecule has 0 aliphatic carbocycles. The summed E-state index contributed by atoms with van der Waals surface area (Å²) in [5, 5.41) is 19.2. The predicted molar refractivity (Wildman–Crippen MR) is 143 cm³/mol. The Balaban J connectivity index is 1.44. The lowest BCUT2D eigenvalue weighted by molar-refractivity contribution is -0.115. The van der Waals surface area contributed by atoms with Crippen LogP contribution in [0, 0.1) is 0 Å². The van der Waals surface area contributed by atoms with Crippen molar-refractivity contribution in [1.29, 1.82) is 0 Å². The van der Waals surface area contributed by atoms with Crippen molar-refractivity contribution >= 4 is 29.0 Å². The SMILES string of the molecule is O=C(CSc1nnc(-c2ccc(O)cc2)n1Cc1ccccc1)N(c1ccccc1)c1ccccc1.